The van der Waals surface area contributed by atoms with Crippen molar-refractivity contribution in [3.63, 3.8) is 0 Å². The average molecular weight is 243 g/mol. The van der Waals surface area contributed by atoms with E-state index in [1.165, 1.54) is 0 Å². The second kappa shape index (κ2) is 5.59. The molecule has 0 aromatic rings. The normalized spacial score (nSPS) is 28.4. The Balaban J connectivity index is 2.43. The van der Waals surface area contributed by atoms with Crippen LogP contribution in [0.3, 0.4) is 0 Å². The number of amides is 1. The van der Waals surface area contributed by atoms with Gasteiger partial charge in [-0.3, -0.25) is 4.79 Å². The van der Waals surface area contributed by atoms with Crippen molar-refractivity contribution in [1.29, 1.82) is 0 Å². The summed E-state index contributed by atoms with van der Waals surface area (Å²) < 4.78 is 0. The Morgan fingerprint density at radius 3 is 2.75 bits per heavy atom. The van der Waals surface area contributed by atoms with Crippen LogP contribution in [-0.4, -0.2) is 41.5 Å². The van der Waals surface area contributed by atoms with Crippen LogP contribution in [0.5, 0.6) is 0 Å². The number of thiocarbonyl (C=S) groups is 1. The molecule has 3 N–H and O–H groups in total. The maximum absolute atomic E-state index is 11.7. The van der Waals surface area contributed by atoms with E-state index in [1.54, 1.807) is 6.92 Å². The van der Waals surface area contributed by atoms with Gasteiger partial charge in [0.1, 0.15) is 0 Å². The van der Waals surface area contributed by atoms with Crippen LogP contribution in [0.2, 0.25) is 0 Å². The summed E-state index contributed by atoms with van der Waals surface area (Å²) in [5.41, 5.74) is 5.45. The van der Waals surface area contributed by atoms with Gasteiger partial charge in [-0.05, 0) is 33.7 Å². The number of carbonyl (C=O) groups is 1. The highest BCUT2D eigenvalue weighted by Gasteiger charge is 2.25. The summed E-state index contributed by atoms with van der Waals surface area (Å²) in [7, 11) is 2.11. The van der Waals surface area contributed by atoms with E-state index in [0.29, 0.717) is 6.04 Å². The van der Waals surface area contributed by atoms with Crippen LogP contribution in [0.15, 0.2) is 0 Å². The second-order valence-electron chi connectivity index (χ2n) is 4.68. The van der Waals surface area contributed by atoms with Gasteiger partial charge in [0.15, 0.2) is 0 Å². The van der Waals surface area contributed by atoms with Crippen molar-refractivity contribution in [2.45, 2.75) is 38.8 Å². The van der Waals surface area contributed by atoms with Crippen molar-refractivity contribution in [3.8, 4) is 0 Å². The Morgan fingerprint density at radius 1 is 1.62 bits per heavy atom. The van der Waals surface area contributed by atoms with E-state index in [-0.39, 0.29) is 22.9 Å². The van der Waals surface area contributed by atoms with Gasteiger partial charge in [-0.25, -0.2) is 0 Å². The van der Waals surface area contributed by atoms with Gasteiger partial charge in [0.25, 0.3) is 0 Å². The lowest BCUT2D eigenvalue weighted by Crippen LogP contribution is -2.49. The van der Waals surface area contributed by atoms with E-state index in [0.717, 1.165) is 19.4 Å². The van der Waals surface area contributed by atoms with Gasteiger partial charge in [-0.1, -0.05) is 12.2 Å². The molecular formula is C11H21N3OS. The zero-order chi connectivity index (χ0) is 12.3. The molecule has 16 heavy (non-hydrogen) atoms. The summed E-state index contributed by atoms with van der Waals surface area (Å²) in [6, 6.07) is 0.773. The molecule has 1 heterocycles. The van der Waals surface area contributed by atoms with Crippen LogP contribution in [0.1, 0.15) is 26.7 Å². The highest BCUT2D eigenvalue weighted by molar-refractivity contribution is 7.80. The number of rotatable bonds is 3. The van der Waals surface area contributed by atoms with E-state index >= 15 is 0 Å². The van der Waals surface area contributed by atoms with Crippen molar-refractivity contribution in [1.82, 2.24) is 10.2 Å². The fraction of sp³-hybridized carbons (Fsp3) is 0.818. The zero-order valence-corrected chi connectivity index (χ0v) is 11.0. The molecule has 0 saturated carbocycles. The predicted molar refractivity (Wildman–Crippen MR) is 69.2 cm³/mol. The molecule has 0 bridgehead atoms. The first-order chi connectivity index (χ1) is 7.41. The minimum atomic E-state index is -0.370. The molecule has 1 fully saturated rings. The van der Waals surface area contributed by atoms with Crippen molar-refractivity contribution >= 4 is 23.1 Å². The highest BCUT2D eigenvalue weighted by Crippen LogP contribution is 2.15. The van der Waals surface area contributed by atoms with Crippen molar-refractivity contribution < 1.29 is 4.79 Å². The maximum atomic E-state index is 11.7. The number of hydrogen-bond donors (Lipinski definition) is 2. The quantitative estimate of drug-likeness (QED) is 0.709. The summed E-state index contributed by atoms with van der Waals surface area (Å²) in [5, 5.41) is 3.02. The molecular weight excluding hydrogens is 222 g/mol. The zero-order valence-electron chi connectivity index (χ0n) is 10.2. The summed E-state index contributed by atoms with van der Waals surface area (Å²) in [5.74, 6) is -0.417. The largest absolute Gasteiger partial charge is 0.393 e. The number of piperidine rings is 1. The van der Waals surface area contributed by atoms with Crippen molar-refractivity contribution in [3.05, 3.63) is 0 Å². The monoisotopic (exact) mass is 243 g/mol. The third-order valence-electron chi connectivity index (χ3n) is 3.37. The van der Waals surface area contributed by atoms with Crippen LogP contribution in [-0.2, 0) is 4.79 Å². The number of nitrogens with one attached hydrogen (secondary N) is 1. The molecule has 3 atom stereocenters. The second-order valence-corrected chi connectivity index (χ2v) is 5.15. The average Bonchev–Trinajstić information content (AvgIpc) is 2.22. The van der Waals surface area contributed by atoms with E-state index in [9.17, 15) is 4.79 Å². The molecule has 1 saturated heterocycles. The van der Waals surface area contributed by atoms with Gasteiger partial charge < -0.3 is 16.0 Å². The van der Waals surface area contributed by atoms with E-state index in [2.05, 4.69) is 24.2 Å². The maximum Gasteiger partial charge on any atom is 0.229 e. The molecule has 0 radical (unpaired) electrons. The highest BCUT2D eigenvalue weighted by atomic mass is 32.1. The van der Waals surface area contributed by atoms with Gasteiger partial charge in [-0.15, -0.1) is 0 Å². The molecule has 0 aromatic carbocycles. The van der Waals surface area contributed by atoms with Crippen molar-refractivity contribution in [2.24, 2.45) is 11.7 Å². The Morgan fingerprint density at radius 2 is 2.25 bits per heavy atom. The third-order valence-corrected chi connectivity index (χ3v) is 3.73. The molecule has 5 heteroatoms. The molecule has 92 valence electrons. The number of nitrogens with two attached hydrogens (primary N) is 1. The van der Waals surface area contributed by atoms with Gasteiger partial charge in [0, 0.05) is 18.6 Å². The Hall–Kier alpha value is -0.680. The first kappa shape index (κ1) is 13.4. The lowest BCUT2D eigenvalue weighted by molar-refractivity contribution is -0.123. The summed E-state index contributed by atoms with van der Waals surface area (Å²) in [6.07, 6.45) is 1.99. The van der Waals surface area contributed by atoms with E-state index in [4.69, 9.17) is 18.0 Å². The number of hydrogen-bond acceptors (Lipinski definition) is 3. The molecule has 1 amide bonds. The first-order valence-corrected chi connectivity index (χ1v) is 6.12. The molecule has 3 unspecified atom stereocenters. The molecule has 1 aliphatic rings. The topological polar surface area (TPSA) is 58.4 Å². The van der Waals surface area contributed by atoms with Crippen LogP contribution >= 0.6 is 12.2 Å². The minimum Gasteiger partial charge on any atom is -0.393 e. The van der Waals surface area contributed by atoms with Crippen molar-refractivity contribution in [2.75, 3.05) is 13.6 Å². The Labute approximate surface area is 103 Å². The lowest BCUT2D eigenvalue weighted by atomic mass is 9.98. The number of carbonyl (C=O) groups excluding carboxylic acids is 1. The third kappa shape index (κ3) is 3.42. The smallest absolute Gasteiger partial charge is 0.229 e. The fourth-order valence-corrected chi connectivity index (χ4v) is 1.98. The van der Waals surface area contributed by atoms with Gasteiger partial charge >= 0.3 is 0 Å². The van der Waals surface area contributed by atoms with Gasteiger partial charge in [0.05, 0.1) is 10.9 Å². The lowest BCUT2D eigenvalue weighted by Gasteiger charge is -2.35. The van der Waals surface area contributed by atoms with E-state index in [1.807, 2.05) is 0 Å². The number of nitrogens with zero attached hydrogens (tertiary/aromatic N) is 1. The minimum absolute atomic E-state index is 0.0470. The molecule has 0 aliphatic carbocycles. The van der Waals surface area contributed by atoms with E-state index < -0.39 is 0 Å². The molecule has 4 nitrogen and oxygen atoms in total. The fourth-order valence-electron chi connectivity index (χ4n) is 1.88. The standard InChI is InChI=1S/C11H21N3OS/c1-7-6-9(4-5-14(7)3)13-11(15)8(2)10(12)16/h7-9H,4-6H2,1-3H3,(H2,12,16)(H,13,15). The van der Waals surface area contributed by atoms with Crippen LogP contribution in [0.25, 0.3) is 0 Å². The molecule has 1 rings (SSSR count). The molecule has 0 spiro atoms. The van der Waals surface area contributed by atoms with Gasteiger partial charge in [-0.2, -0.15) is 0 Å². The van der Waals surface area contributed by atoms with Gasteiger partial charge in [0.2, 0.25) is 5.91 Å². The summed E-state index contributed by atoms with van der Waals surface area (Å²) in [6.45, 7) is 4.94. The molecule has 0 aromatic heterocycles. The van der Waals surface area contributed by atoms with Crippen LogP contribution in [0, 0.1) is 5.92 Å². The summed E-state index contributed by atoms with van der Waals surface area (Å²) in [4.78, 5) is 14.3. The Bertz CT molecular complexity index is 282. The first-order valence-electron chi connectivity index (χ1n) is 5.71. The SMILES string of the molecule is CC(C(=O)NC1CCN(C)C(C)C1)C(N)=S. The molecule has 1 aliphatic heterocycles. The summed E-state index contributed by atoms with van der Waals surface area (Å²) >= 11 is 4.81. The Kier molecular flexibility index (Phi) is 4.68. The predicted octanol–water partition coefficient (Wildman–Crippen LogP) is 0.508. The number of likely N-dealkylation sites (tertiary alicyclic amines) is 1. The van der Waals surface area contributed by atoms with Crippen LogP contribution < -0.4 is 11.1 Å². The van der Waals surface area contributed by atoms with Crippen LogP contribution in [0.4, 0.5) is 0 Å².